The molecule has 54 heavy (non-hydrogen) atoms. The van der Waals surface area contributed by atoms with Crippen LogP contribution >= 0.6 is 0 Å². The lowest BCUT2D eigenvalue weighted by molar-refractivity contribution is -0.145. The molecule has 1 aliphatic carbocycles. The van der Waals surface area contributed by atoms with Crippen LogP contribution in [0.4, 0.5) is 4.79 Å². The molecule has 1 saturated carbocycles. The SMILES string of the molecule is CCCCC(NC(=O)[C@@H]1C2CC(C)(C)CC2CN1C(=O)[C@@H](NC(=O)OC(C)(C)C)C(C)(C)C)C(=O)C(=O)NCC(=O)NC(C(=O)N(C)C)c1ccccc1. The molecule has 0 radical (unpaired) electrons. The first-order chi connectivity index (χ1) is 25.0. The van der Waals surface area contributed by atoms with Crippen LogP contribution in [0, 0.1) is 22.7 Å². The molecule has 6 amide bonds. The van der Waals surface area contributed by atoms with E-state index in [0.29, 0.717) is 31.4 Å². The summed E-state index contributed by atoms with van der Waals surface area (Å²) in [5.41, 5.74) is -1.05. The quantitative estimate of drug-likeness (QED) is 0.208. The molecule has 2 aliphatic rings. The fourth-order valence-electron chi connectivity index (χ4n) is 7.46. The van der Waals surface area contributed by atoms with Crippen molar-refractivity contribution < 1.29 is 38.3 Å². The van der Waals surface area contributed by atoms with E-state index < -0.39 is 77.2 Å². The Balaban J connectivity index is 1.80. The second-order valence-corrected chi connectivity index (χ2v) is 17.8. The van der Waals surface area contributed by atoms with Gasteiger partial charge in [0.1, 0.15) is 23.7 Å². The van der Waals surface area contributed by atoms with Crippen molar-refractivity contribution in [1.29, 1.82) is 0 Å². The number of rotatable bonds is 14. The average Bonchev–Trinajstić information content (AvgIpc) is 3.56. The molecule has 1 aliphatic heterocycles. The van der Waals surface area contributed by atoms with E-state index in [0.717, 1.165) is 6.42 Å². The number of hydrogen-bond acceptors (Lipinski definition) is 8. The molecule has 1 aromatic rings. The summed E-state index contributed by atoms with van der Waals surface area (Å²) >= 11 is 0. The fourth-order valence-corrected chi connectivity index (χ4v) is 7.46. The minimum atomic E-state index is -1.21. The molecule has 0 bridgehead atoms. The molecule has 0 aromatic heterocycles. The Hall–Kier alpha value is -4.49. The van der Waals surface area contributed by atoms with E-state index in [1.54, 1.807) is 65.2 Å². The van der Waals surface area contributed by atoms with Crippen LogP contribution in [0.15, 0.2) is 30.3 Å². The zero-order valence-corrected chi connectivity index (χ0v) is 34.0. The Labute approximate surface area is 320 Å². The molecule has 6 atom stereocenters. The molecule has 3 rings (SSSR count). The van der Waals surface area contributed by atoms with Crippen LogP contribution in [0.1, 0.15) is 106 Å². The normalized spacial score (nSPS) is 20.8. The van der Waals surface area contributed by atoms with Gasteiger partial charge in [-0.1, -0.05) is 84.7 Å². The van der Waals surface area contributed by atoms with E-state index in [1.165, 1.54) is 9.80 Å². The van der Waals surface area contributed by atoms with E-state index in [4.69, 9.17) is 4.74 Å². The van der Waals surface area contributed by atoms with E-state index in [9.17, 15) is 33.6 Å². The summed E-state index contributed by atoms with van der Waals surface area (Å²) in [5, 5.41) is 10.5. The van der Waals surface area contributed by atoms with Crippen LogP contribution in [-0.4, -0.2) is 102 Å². The highest BCUT2D eigenvalue weighted by atomic mass is 16.6. The maximum atomic E-state index is 14.4. The summed E-state index contributed by atoms with van der Waals surface area (Å²) < 4.78 is 5.47. The van der Waals surface area contributed by atoms with Crippen molar-refractivity contribution in [2.24, 2.45) is 22.7 Å². The van der Waals surface area contributed by atoms with Gasteiger partial charge in [0.2, 0.25) is 29.4 Å². The van der Waals surface area contributed by atoms with Gasteiger partial charge in [-0.2, -0.15) is 0 Å². The number of likely N-dealkylation sites (tertiary alicyclic amines) is 1. The molecule has 1 heterocycles. The second kappa shape index (κ2) is 17.8. The molecule has 1 aromatic carbocycles. The molecule has 4 unspecified atom stereocenters. The van der Waals surface area contributed by atoms with E-state index in [-0.39, 0.29) is 29.6 Å². The minimum Gasteiger partial charge on any atom is -0.444 e. The second-order valence-electron chi connectivity index (χ2n) is 17.8. The number of carbonyl (C=O) groups excluding carboxylic acids is 7. The Morgan fingerprint density at radius 3 is 2.11 bits per heavy atom. The largest absolute Gasteiger partial charge is 0.444 e. The van der Waals surface area contributed by atoms with Crippen molar-refractivity contribution in [2.45, 2.75) is 124 Å². The van der Waals surface area contributed by atoms with Crippen molar-refractivity contribution in [3.63, 3.8) is 0 Å². The molecule has 0 spiro atoms. The lowest BCUT2D eigenvalue weighted by Crippen LogP contribution is -2.60. The minimum absolute atomic E-state index is 0.0209. The number of amides is 6. The Kier molecular flexibility index (Phi) is 14.4. The van der Waals surface area contributed by atoms with E-state index in [2.05, 4.69) is 35.1 Å². The highest BCUT2D eigenvalue weighted by Crippen LogP contribution is 2.51. The first-order valence-electron chi connectivity index (χ1n) is 18.9. The van der Waals surface area contributed by atoms with Crippen LogP contribution in [0.3, 0.4) is 0 Å². The van der Waals surface area contributed by atoms with Crippen LogP contribution in [0.25, 0.3) is 0 Å². The number of hydrogen-bond donors (Lipinski definition) is 4. The van der Waals surface area contributed by atoms with Gasteiger partial charge < -0.3 is 35.8 Å². The molecular weight excluding hydrogens is 692 g/mol. The van der Waals surface area contributed by atoms with Gasteiger partial charge in [0.05, 0.1) is 12.6 Å². The number of nitrogens with zero attached hydrogens (tertiary/aromatic N) is 2. The van der Waals surface area contributed by atoms with E-state index >= 15 is 0 Å². The number of benzene rings is 1. The predicted octanol–water partition coefficient (Wildman–Crippen LogP) is 3.50. The van der Waals surface area contributed by atoms with Crippen molar-refractivity contribution in [1.82, 2.24) is 31.1 Å². The number of fused-ring (bicyclic) bond motifs is 1. The topological polar surface area (TPSA) is 183 Å². The lowest BCUT2D eigenvalue weighted by Gasteiger charge is -2.37. The molecule has 2 fully saturated rings. The summed E-state index contributed by atoms with van der Waals surface area (Å²) in [4.78, 5) is 97.1. The molecule has 14 nitrogen and oxygen atoms in total. The van der Waals surface area contributed by atoms with Gasteiger partial charge in [0.15, 0.2) is 0 Å². The number of unbranched alkanes of at least 4 members (excludes halogenated alkanes) is 1. The summed E-state index contributed by atoms with van der Waals surface area (Å²) in [7, 11) is 3.13. The van der Waals surface area contributed by atoms with Gasteiger partial charge in [0, 0.05) is 20.6 Å². The van der Waals surface area contributed by atoms with Crippen LogP contribution in [-0.2, 0) is 33.5 Å². The van der Waals surface area contributed by atoms with Crippen molar-refractivity contribution >= 4 is 41.4 Å². The van der Waals surface area contributed by atoms with Crippen LogP contribution in [0.5, 0.6) is 0 Å². The molecule has 4 N–H and O–H groups in total. The third-order valence-corrected chi connectivity index (χ3v) is 9.95. The number of likely N-dealkylation sites (N-methyl/N-ethyl adjacent to an activating group) is 1. The van der Waals surface area contributed by atoms with Crippen molar-refractivity contribution in [3.05, 3.63) is 35.9 Å². The number of nitrogens with one attached hydrogen (secondary N) is 4. The first kappa shape index (κ1) is 43.9. The lowest BCUT2D eigenvalue weighted by atomic mass is 9.84. The smallest absolute Gasteiger partial charge is 0.408 e. The van der Waals surface area contributed by atoms with E-state index in [1.807, 2.05) is 27.7 Å². The maximum Gasteiger partial charge on any atom is 0.408 e. The number of ketones is 1. The van der Waals surface area contributed by atoms with Gasteiger partial charge in [-0.15, -0.1) is 0 Å². The first-order valence-corrected chi connectivity index (χ1v) is 18.9. The summed E-state index contributed by atoms with van der Waals surface area (Å²) in [6.45, 7) is 16.5. The Morgan fingerprint density at radius 1 is 0.926 bits per heavy atom. The molecule has 1 saturated heterocycles. The Morgan fingerprint density at radius 2 is 1.56 bits per heavy atom. The van der Waals surface area contributed by atoms with Gasteiger partial charge in [-0.3, -0.25) is 28.8 Å². The monoisotopic (exact) mass is 754 g/mol. The number of carbonyl (C=O) groups is 7. The third-order valence-electron chi connectivity index (χ3n) is 9.95. The Bertz CT molecular complexity index is 1550. The molecule has 14 heteroatoms. The highest BCUT2D eigenvalue weighted by molar-refractivity contribution is 6.38. The zero-order chi connectivity index (χ0) is 40.8. The number of Topliss-reactive ketones (excluding diaryl/α,β-unsaturated/α-hetero) is 1. The fraction of sp³-hybridized carbons (Fsp3) is 0.675. The number of ether oxygens (including phenoxy) is 1. The highest BCUT2D eigenvalue weighted by Gasteiger charge is 2.56. The third kappa shape index (κ3) is 11.8. The van der Waals surface area contributed by atoms with Crippen LogP contribution in [0.2, 0.25) is 0 Å². The standard InChI is InChI=1S/C40H62N6O8/c1-12-13-19-27(31(48)34(50)41-22-28(47)43-29(35(51)45(10)11)24-17-15-14-16-18-24)42-33(49)30-26-21-40(8,9)20-25(26)23-46(30)36(52)32(38(2,3)4)44-37(53)54-39(5,6)7/h14-18,25-27,29-30,32H,12-13,19-23H2,1-11H3,(H,41,50)(H,42,49)(H,43,47)(H,44,53)/t25?,26?,27?,29?,30-,32+/m0/s1. The number of alkyl carbamates (subject to hydrolysis) is 1. The zero-order valence-electron chi connectivity index (χ0n) is 34.0. The van der Waals surface area contributed by atoms with Gasteiger partial charge in [0.25, 0.3) is 5.91 Å². The average molecular weight is 755 g/mol. The molecular formula is C40H62N6O8. The maximum absolute atomic E-state index is 14.4. The summed E-state index contributed by atoms with van der Waals surface area (Å²) in [6, 6.07) is 4.48. The van der Waals surface area contributed by atoms with Gasteiger partial charge >= 0.3 is 6.09 Å². The van der Waals surface area contributed by atoms with Crippen molar-refractivity contribution in [3.8, 4) is 0 Å². The summed E-state index contributed by atoms with van der Waals surface area (Å²) in [5.74, 6) is -4.20. The molecule has 300 valence electrons. The summed E-state index contributed by atoms with van der Waals surface area (Å²) in [6.07, 6.45) is 2.08. The van der Waals surface area contributed by atoms with Gasteiger partial charge in [-0.05, 0) is 68.3 Å². The predicted molar refractivity (Wildman–Crippen MR) is 204 cm³/mol. The van der Waals surface area contributed by atoms with Crippen LogP contribution < -0.4 is 21.3 Å². The van der Waals surface area contributed by atoms with Crippen molar-refractivity contribution in [2.75, 3.05) is 27.2 Å². The van der Waals surface area contributed by atoms with Gasteiger partial charge in [-0.25, -0.2) is 4.79 Å².